The molecule has 2 aliphatic rings. The molecular formula is C16H22N6O3. The van der Waals surface area contributed by atoms with Crippen LogP contribution in [0.1, 0.15) is 17.4 Å². The molecule has 134 valence electrons. The molecule has 3 rings (SSSR count). The van der Waals surface area contributed by atoms with Crippen LogP contribution in [0.3, 0.4) is 0 Å². The van der Waals surface area contributed by atoms with Gasteiger partial charge in [0.2, 0.25) is 12.3 Å². The second-order valence-electron chi connectivity index (χ2n) is 6.19. The van der Waals surface area contributed by atoms with Crippen molar-refractivity contribution in [1.82, 2.24) is 24.7 Å². The largest absolute Gasteiger partial charge is 0.352 e. The maximum absolute atomic E-state index is 12.5. The molecule has 3 heterocycles. The first-order valence-electron chi connectivity index (χ1n) is 8.39. The van der Waals surface area contributed by atoms with E-state index in [2.05, 4.69) is 9.97 Å². The Morgan fingerprint density at radius 3 is 2.08 bits per heavy atom. The van der Waals surface area contributed by atoms with Crippen molar-refractivity contribution >= 4 is 24.0 Å². The number of rotatable bonds is 3. The predicted octanol–water partition coefficient (Wildman–Crippen LogP) is -0.941. The summed E-state index contributed by atoms with van der Waals surface area (Å²) in [4.78, 5) is 50.4. The molecule has 0 spiro atoms. The molecule has 0 aliphatic carbocycles. The molecule has 0 atom stereocenters. The number of carbonyl (C=O) groups is 3. The second kappa shape index (κ2) is 7.45. The van der Waals surface area contributed by atoms with E-state index in [0.717, 1.165) is 6.41 Å². The third-order valence-electron chi connectivity index (χ3n) is 4.66. The first kappa shape index (κ1) is 17.1. The zero-order chi connectivity index (χ0) is 17.8. The van der Waals surface area contributed by atoms with Gasteiger partial charge in [0.15, 0.2) is 0 Å². The number of aromatic nitrogens is 2. The van der Waals surface area contributed by atoms with Gasteiger partial charge in [-0.3, -0.25) is 14.4 Å². The quantitative estimate of drug-likeness (QED) is 0.656. The number of amides is 3. The molecule has 3 amide bonds. The number of nitrogens with zero attached hydrogens (tertiary/aromatic N) is 6. The molecule has 1 aromatic rings. The lowest BCUT2D eigenvalue weighted by Crippen LogP contribution is -2.50. The van der Waals surface area contributed by atoms with E-state index < -0.39 is 0 Å². The summed E-state index contributed by atoms with van der Waals surface area (Å²) >= 11 is 0. The lowest BCUT2D eigenvalue weighted by molar-refractivity contribution is -0.130. The van der Waals surface area contributed by atoms with Crippen molar-refractivity contribution in [3.05, 3.63) is 18.1 Å². The molecule has 1 aromatic heterocycles. The highest BCUT2D eigenvalue weighted by Gasteiger charge is 2.24. The van der Waals surface area contributed by atoms with E-state index in [0.29, 0.717) is 63.9 Å². The van der Waals surface area contributed by atoms with Crippen molar-refractivity contribution in [3.8, 4) is 0 Å². The van der Waals surface area contributed by atoms with Crippen LogP contribution in [0.25, 0.3) is 0 Å². The third kappa shape index (κ3) is 3.86. The average molecular weight is 346 g/mol. The van der Waals surface area contributed by atoms with Crippen LogP contribution in [0.2, 0.25) is 0 Å². The standard InChI is InChI=1S/C16H22N6O3/c1-13(24)20-6-8-22(9-7-20)16(25)14-10-18-15(11-17-14)21-4-2-19(12-23)3-5-21/h10-12H,2-9H2,1H3. The molecule has 2 saturated heterocycles. The van der Waals surface area contributed by atoms with Gasteiger partial charge >= 0.3 is 0 Å². The average Bonchev–Trinajstić information content (AvgIpc) is 2.67. The summed E-state index contributed by atoms with van der Waals surface area (Å²) < 4.78 is 0. The van der Waals surface area contributed by atoms with E-state index in [1.54, 1.807) is 20.9 Å². The van der Waals surface area contributed by atoms with Gasteiger partial charge in [-0.1, -0.05) is 0 Å². The fraction of sp³-hybridized carbons (Fsp3) is 0.562. The molecule has 2 fully saturated rings. The molecule has 2 aliphatic heterocycles. The molecular weight excluding hydrogens is 324 g/mol. The van der Waals surface area contributed by atoms with Crippen LogP contribution in [0.5, 0.6) is 0 Å². The minimum absolute atomic E-state index is 0.0333. The van der Waals surface area contributed by atoms with Crippen molar-refractivity contribution in [1.29, 1.82) is 0 Å². The molecule has 0 bridgehead atoms. The lowest BCUT2D eigenvalue weighted by Gasteiger charge is -2.34. The SMILES string of the molecule is CC(=O)N1CCN(C(=O)c2cnc(N3CCN(C=O)CC3)cn2)CC1. The first-order chi connectivity index (χ1) is 12.1. The fourth-order valence-electron chi connectivity index (χ4n) is 3.04. The Balaban J connectivity index is 1.58. The van der Waals surface area contributed by atoms with Crippen molar-refractivity contribution in [3.63, 3.8) is 0 Å². The molecule has 0 aromatic carbocycles. The second-order valence-corrected chi connectivity index (χ2v) is 6.19. The Labute approximate surface area is 146 Å². The smallest absolute Gasteiger partial charge is 0.274 e. The maximum Gasteiger partial charge on any atom is 0.274 e. The Morgan fingerprint density at radius 2 is 1.56 bits per heavy atom. The van der Waals surface area contributed by atoms with Gasteiger partial charge in [0.05, 0.1) is 12.4 Å². The van der Waals surface area contributed by atoms with E-state index in [9.17, 15) is 14.4 Å². The Bertz CT molecular complexity index is 634. The van der Waals surface area contributed by atoms with Crippen LogP contribution in [-0.2, 0) is 9.59 Å². The van der Waals surface area contributed by atoms with Gasteiger partial charge in [-0.05, 0) is 0 Å². The molecule has 0 saturated carbocycles. The Hall–Kier alpha value is -2.71. The molecule has 0 radical (unpaired) electrons. The summed E-state index contributed by atoms with van der Waals surface area (Å²) in [6.45, 7) is 6.38. The summed E-state index contributed by atoms with van der Waals surface area (Å²) in [5, 5.41) is 0. The number of hydrogen-bond donors (Lipinski definition) is 0. The number of anilines is 1. The summed E-state index contributed by atoms with van der Waals surface area (Å²) in [6, 6.07) is 0. The van der Waals surface area contributed by atoms with E-state index in [1.165, 1.54) is 13.1 Å². The van der Waals surface area contributed by atoms with Crippen LogP contribution < -0.4 is 4.90 Å². The van der Waals surface area contributed by atoms with Gasteiger partial charge in [-0.2, -0.15) is 0 Å². The van der Waals surface area contributed by atoms with Crippen LogP contribution >= 0.6 is 0 Å². The molecule has 9 nitrogen and oxygen atoms in total. The molecule has 0 unspecified atom stereocenters. The van der Waals surface area contributed by atoms with E-state index in [1.807, 2.05) is 4.90 Å². The summed E-state index contributed by atoms with van der Waals surface area (Å²) in [5.41, 5.74) is 0.312. The van der Waals surface area contributed by atoms with E-state index >= 15 is 0 Å². The highest BCUT2D eigenvalue weighted by Crippen LogP contribution is 2.13. The zero-order valence-corrected chi connectivity index (χ0v) is 14.3. The normalized spacial score (nSPS) is 18.3. The highest BCUT2D eigenvalue weighted by atomic mass is 16.2. The van der Waals surface area contributed by atoms with Crippen molar-refractivity contribution in [2.45, 2.75) is 6.92 Å². The topological polar surface area (TPSA) is 90.0 Å². The number of hydrogen-bond acceptors (Lipinski definition) is 6. The van der Waals surface area contributed by atoms with Gasteiger partial charge in [0.25, 0.3) is 5.91 Å². The molecule has 25 heavy (non-hydrogen) atoms. The van der Waals surface area contributed by atoms with Gasteiger partial charge in [0, 0.05) is 59.3 Å². The Morgan fingerprint density at radius 1 is 0.920 bits per heavy atom. The van der Waals surface area contributed by atoms with E-state index in [-0.39, 0.29) is 11.8 Å². The monoisotopic (exact) mass is 346 g/mol. The first-order valence-corrected chi connectivity index (χ1v) is 8.39. The number of piperazine rings is 2. The zero-order valence-electron chi connectivity index (χ0n) is 14.3. The maximum atomic E-state index is 12.5. The van der Waals surface area contributed by atoms with E-state index in [4.69, 9.17) is 0 Å². The molecule has 9 heteroatoms. The minimum atomic E-state index is -0.159. The van der Waals surface area contributed by atoms with Gasteiger partial charge < -0.3 is 19.6 Å². The fourth-order valence-corrected chi connectivity index (χ4v) is 3.04. The van der Waals surface area contributed by atoms with Crippen LogP contribution in [0, 0.1) is 0 Å². The summed E-state index contributed by atoms with van der Waals surface area (Å²) in [5.74, 6) is 0.586. The number of carbonyl (C=O) groups excluding carboxylic acids is 3. The highest BCUT2D eigenvalue weighted by molar-refractivity contribution is 5.92. The van der Waals surface area contributed by atoms with Crippen LogP contribution in [-0.4, -0.2) is 95.3 Å². The van der Waals surface area contributed by atoms with Crippen molar-refractivity contribution in [2.75, 3.05) is 57.3 Å². The van der Waals surface area contributed by atoms with Crippen LogP contribution in [0.4, 0.5) is 5.82 Å². The summed E-state index contributed by atoms with van der Waals surface area (Å²) in [7, 11) is 0. The van der Waals surface area contributed by atoms with Gasteiger partial charge in [0.1, 0.15) is 11.5 Å². The van der Waals surface area contributed by atoms with Crippen molar-refractivity contribution < 1.29 is 14.4 Å². The Kier molecular flexibility index (Phi) is 5.11. The molecule has 0 N–H and O–H groups in total. The van der Waals surface area contributed by atoms with Crippen molar-refractivity contribution in [2.24, 2.45) is 0 Å². The lowest BCUT2D eigenvalue weighted by atomic mass is 10.2. The van der Waals surface area contributed by atoms with Crippen LogP contribution in [0.15, 0.2) is 12.4 Å². The minimum Gasteiger partial charge on any atom is -0.352 e. The third-order valence-corrected chi connectivity index (χ3v) is 4.66. The van der Waals surface area contributed by atoms with Gasteiger partial charge in [-0.15, -0.1) is 0 Å². The predicted molar refractivity (Wildman–Crippen MR) is 90.0 cm³/mol. The summed E-state index contributed by atoms with van der Waals surface area (Å²) in [6.07, 6.45) is 3.97. The van der Waals surface area contributed by atoms with Gasteiger partial charge in [-0.25, -0.2) is 9.97 Å².